The van der Waals surface area contributed by atoms with Gasteiger partial charge in [0.25, 0.3) is 0 Å². The van der Waals surface area contributed by atoms with Gasteiger partial charge in [-0.3, -0.25) is 0 Å². The van der Waals surface area contributed by atoms with Crippen molar-refractivity contribution in [3.63, 3.8) is 0 Å². The van der Waals surface area contributed by atoms with Crippen LogP contribution in [0, 0.1) is 5.92 Å². The van der Waals surface area contributed by atoms with E-state index in [1.54, 1.807) is 0 Å². The van der Waals surface area contributed by atoms with Gasteiger partial charge in [-0.25, -0.2) is 4.79 Å². The lowest BCUT2D eigenvalue weighted by molar-refractivity contribution is 0.00494. The number of hydrogen-bond donors (Lipinski definition) is 3. The Bertz CT molecular complexity index is 464. The quantitative estimate of drug-likeness (QED) is 0.706. The number of amides is 1. The van der Waals surface area contributed by atoms with Crippen LogP contribution in [0.4, 0.5) is 4.79 Å². The summed E-state index contributed by atoms with van der Waals surface area (Å²) < 4.78 is 5.95. The number of carbonyl (C=O) groups is 1. The molecule has 1 aromatic rings. The van der Waals surface area contributed by atoms with E-state index < -0.39 is 6.09 Å². The smallest absolute Gasteiger partial charge is 0.404 e. The SMILES string of the molecule is O=C(O)NCCOC(c1cccc(Cl)c1)[C@@H]1CCCNC1. The van der Waals surface area contributed by atoms with Crippen LogP contribution in [0.3, 0.4) is 0 Å². The highest BCUT2D eigenvalue weighted by atomic mass is 35.5. The average molecular weight is 313 g/mol. The summed E-state index contributed by atoms with van der Waals surface area (Å²) in [7, 11) is 0. The van der Waals surface area contributed by atoms with Gasteiger partial charge < -0.3 is 20.5 Å². The summed E-state index contributed by atoms with van der Waals surface area (Å²) in [5.74, 6) is 0.377. The number of rotatable bonds is 6. The van der Waals surface area contributed by atoms with Gasteiger partial charge in [-0.2, -0.15) is 0 Å². The lowest BCUT2D eigenvalue weighted by Gasteiger charge is -2.31. The largest absolute Gasteiger partial charge is 0.465 e. The van der Waals surface area contributed by atoms with Gasteiger partial charge >= 0.3 is 6.09 Å². The monoisotopic (exact) mass is 312 g/mol. The minimum absolute atomic E-state index is 0.0629. The zero-order chi connectivity index (χ0) is 15.1. The first-order valence-corrected chi connectivity index (χ1v) is 7.59. The third-order valence-corrected chi connectivity index (χ3v) is 3.85. The second kappa shape index (κ2) is 8.22. The van der Waals surface area contributed by atoms with E-state index >= 15 is 0 Å². The Morgan fingerprint density at radius 1 is 1.57 bits per heavy atom. The van der Waals surface area contributed by atoms with Crippen LogP contribution in [-0.2, 0) is 4.74 Å². The third kappa shape index (κ3) is 5.19. The molecule has 1 heterocycles. The van der Waals surface area contributed by atoms with Gasteiger partial charge in [0.05, 0.1) is 12.7 Å². The normalized spacial score (nSPS) is 20.0. The van der Waals surface area contributed by atoms with Crippen molar-refractivity contribution in [3.05, 3.63) is 34.9 Å². The van der Waals surface area contributed by atoms with Crippen molar-refractivity contribution in [2.45, 2.75) is 18.9 Å². The predicted octanol–water partition coefficient (Wildman–Crippen LogP) is 2.66. The molecule has 0 bridgehead atoms. The maximum atomic E-state index is 10.5. The molecule has 116 valence electrons. The first kappa shape index (κ1) is 16.1. The lowest BCUT2D eigenvalue weighted by Crippen LogP contribution is -2.35. The van der Waals surface area contributed by atoms with Crippen LogP contribution in [-0.4, -0.2) is 37.4 Å². The number of piperidine rings is 1. The summed E-state index contributed by atoms with van der Waals surface area (Å²) in [5.41, 5.74) is 1.05. The molecule has 6 heteroatoms. The fourth-order valence-electron chi connectivity index (χ4n) is 2.67. The molecule has 2 rings (SSSR count). The molecule has 0 radical (unpaired) electrons. The fourth-order valence-corrected chi connectivity index (χ4v) is 2.87. The number of carboxylic acid groups (broad SMARTS) is 1. The molecule has 1 amide bonds. The van der Waals surface area contributed by atoms with Gasteiger partial charge in [0, 0.05) is 24.0 Å². The van der Waals surface area contributed by atoms with Crippen LogP contribution >= 0.6 is 11.6 Å². The minimum Gasteiger partial charge on any atom is -0.465 e. The van der Waals surface area contributed by atoms with E-state index in [0.717, 1.165) is 31.5 Å². The summed E-state index contributed by atoms with van der Waals surface area (Å²) in [6, 6.07) is 7.69. The van der Waals surface area contributed by atoms with Gasteiger partial charge in [-0.1, -0.05) is 23.7 Å². The molecule has 0 spiro atoms. The summed E-state index contributed by atoms with van der Waals surface area (Å²) >= 11 is 6.07. The van der Waals surface area contributed by atoms with Gasteiger partial charge in [-0.05, 0) is 37.1 Å². The van der Waals surface area contributed by atoms with Crippen LogP contribution in [0.2, 0.25) is 5.02 Å². The summed E-state index contributed by atoms with van der Waals surface area (Å²) in [4.78, 5) is 10.5. The van der Waals surface area contributed by atoms with Crippen molar-refractivity contribution in [2.24, 2.45) is 5.92 Å². The third-order valence-electron chi connectivity index (χ3n) is 3.62. The Balaban J connectivity index is 2.01. The number of benzene rings is 1. The number of halogens is 1. The van der Waals surface area contributed by atoms with Crippen molar-refractivity contribution in [2.75, 3.05) is 26.2 Å². The first-order chi connectivity index (χ1) is 10.2. The van der Waals surface area contributed by atoms with Crippen molar-refractivity contribution in [1.82, 2.24) is 10.6 Å². The Morgan fingerprint density at radius 2 is 2.43 bits per heavy atom. The van der Waals surface area contributed by atoms with Crippen LogP contribution in [0.5, 0.6) is 0 Å². The Hall–Kier alpha value is -1.30. The fraction of sp³-hybridized carbons (Fsp3) is 0.533. The molecule has 3 N–H and O–H groups in total. The molecule has 1 saturated heterocycles. The van der Waals surface area contributed by atoms with Crippen LogP contribution in [0.25, 0.3) is 0 Å². The van der Waals surface area contributed by atoms with Crippen molar-refractivity contribution < 1.29 is 14.6 Å². The van der Waals surface area contributed by atoms with E-state index in [1.807, 2.05) is 24.3 Å². The van der Waals surface area contributed by atoms with E-state index in [-0.39, 0.29) is 12.6 Å². The molecular weight excluding hydrogens is 292 g/mol. The molecule has 2 atom stereocenters. The van der Waals surface area contributed by atoms with Crippen molar-refractivity contribution in [1.29, 1.82) is 0 Å². The summed E-state index contributed by atoms with van der Waals surface area (Å²) in [6.45, 7) is 2.58. The Morgan fingerprint density at radius 3 is 3.10 bits per heavy atom. The first-order valence-electron chi connectivity index (χ1n) is 7.21. The zero-order valence-electron chi connectivity index (χ0n) is 11.8. The van der Waals surface area contributed by atoms with Crippen LogP contribution < -0.4 is 10.6 Å². The Labute approximate surface area is 129 Å². The number of nitrogens with one attached hydrogen (secondary N) is 2. The summed E-state index contributed by atoms with van der Waals surface area (Å²) in [5, 5.41) is 15.0. The van der Waals surface area contributed by atoms with Gasteiger partial charge in [0.15, 0.2) is 0 Å². The predicted molar refractivity (Wildman–Crippen MR) is 81.8 cm³/mol. The molecule has 1 aliphatic heterocycles. The molecule has 1 fully saturated rings. The Kier molecular flexibility index (Phi) is 6.29. The standard InChI is InChI=1S/C15H21ClN2O3/c16-13-5-1-3-11(9-13)14(12-4-2-6-17-10-12)21-8-7-18-15(19)20/h1,3,5,9,12,14,17-18H,2,4,6-8,10H2,(H,19,20)/t12-,14?/m1/s1. The topological polar surface area (TPSA) is 70.6 Å². The molecule has 5 nitrogen and oxygen atoms in total. The molecule has 1 aliphatic rings. The molecule has 1 unspecified atom stereocenters. The van der Waals surface area contributed by atoms with E-state index in [0.29, 0.717) is 17.5 Å². The van der Waals surface area contributed by atoms with Crippen molar-refractivity contribution >= 4 is 17.7 Å². The zero-order valence-corrected chi connectivity index (χ0v) is 12.6. The highest BCUT2D eigenvalue weighted by Gasteiger charge is 2.25. The molecule has 0 aliphatic carbocycles. The lowest BCUT2D eigenvalue weighted by atomic mass is 9.89. The molecule has 21 heavy (non-hydrogen) atoms. The molecule has 0 saturated carbocycles. The van der Waals surface area contributed by atoms with Gasteiger partial charge in [-0.15, -0.1) is 0 Å². The van der Waals surface area contributed by atoms with Gasteiger partial charge in [0.1, 0.15) is 0 Å². The van der Waals surface area contributed by atoms with Gasteiger partial charge in [0.2, 0.25) is 0 Å². The highest BCUT2D eigenvalue weighted by molar-refractivity contribution is 6.30. The van der Waals surface area contributed by atoms with E-state index in [2.05, 4.69) is 10.6 Å². The molecule has 1 aromatic carbocycles. The van der Waals surface area contributed by atoms with Crippen LogP contribution in [0.15, 0.2) is 24.3 Å². The minimum atomic E-state index is -1.03. The second-order valence-electron chi connectivity index (χ2n) is 5.18. The molecule has 0 aromatic heterocycles. The van der Waals surface area contributed by atoms with E-state index in [4.69, 9.17) is 21.4 Å². The number of ether oxygens (including phenoxy) is 1. The van der Waals surface area contributed by atoms with E-state index in [9.17, 15) is 4.79 Å². The van der Waals surface area contributed by atoms with Crippen molar-refractivity contribution in [3.8, 4) is 0 Å². The number of hydrogen-bond acceptors (Lipinski definition) is 3. The average Bonchev–Trinajstić information content (AvgIpc) is 2.48. The van der Waals surface area contributed by atoms with E-state index in [1.165, 1.54) is 0 Å². The van der Waals surface area contributed by atoms with Crippen LogP contribution in [0.1, 0.15) is 24.5 Å². The molecular formula is C15H21ClN2O3. The summed E-state index contributed by atoms with van der Waals surface area (Å²) in [6.07, 6.45) is 1.12. The maximum Gasteiger partial charge on any atom is 0.404 e. The highest BCUT2D eigenvalue weighted by Crippen LogP contribution is 2.31. The maximum absolute atomic E-state index is 10.5. The second-order valence-corrected chi connectivity index (χ2v) is 5.62.